The van der Waals surface area contributed by atoms with Crippen LogP contribution >= 0.6 is 0 Å². The van der Waals surface area contributed by atoms with Crippen molar-refractivity contribution in [1.82, 2.24) is 9.78 Å². The Kier molecular flexibility index (Phi) is 3.29. The maximum atomic E-state index is 4.28. The number of nitrogens with zero attached hydrogens (tertiary/aromatic N) is 2. The molecule has 3 nitrogen and oxygen atoms in total. The number of aromatic nitrogens is 2. The number of nitrogens with one attached hydrogen (secondary N) is 1. The molecule has 0 aliphatic heterocycles. The highest BCUT2D eigenvalue weighted by Gasteiger charge is 2.25. The van der Waals surface area contributed by atoms with Gasteiger partial charge in [-0.1, -0.05) is 19.8 Å². The maximum absolute atomic E-state index is 4.28. The Morgan fingerprint density at radius 1 is 1.47 bits per heavy atom. The Labute approximate surface area is 91.9 Å². The van der Waals surface area contributed by atoms with Gasteiger partial charge in [0, 0.05) is 18.8 Å². The minimum absolute atomic E-state index is 0.671. The molecule has 0 saturated heterocycles. The van der Waals surface area contributed by atoms with Crippen LogP contribution in [-0.4, -0.2) is 15.8 Å². The summed E-state index contributed by atoms with van der Waals surface area (Å²) in [6.07, 6.45) is 9.41. The van der Waals surface area contributed by atoms with Crippen LogP contribution in [0.1, 0.15) is 39.5 Å². The molecule has 2 rings (SSSR count). The van der Waals surface area contributed by atoms with Crippen molar-refractivity contribution < 1.29 is 0 Å². The molecule has 1 heterocycles. The van der Waals surface area contributed by atoms with Crippen LogP contribution < -0.4 is 5.32 Å². The van der Waals surface area contributed by atoms with Crippen molar-refractivity contribution in [3.05, 3.63) is 12.4 Å². The molecule has 1 saturated carbocycles. The van der Waals surface area contributed by atoms with Crippen LogP contribution in [-0.2, 0) is 6.54 Å². The molecular weight excluding hydrogens is 186 g/mol. The molecule has 3 heteroatoms. The van der Waals surface area contributed by atoms with Crippen LogP contribution in [0.25, 0.3) is 0 Å². The standard InChI is InChI=1S/C12H21N3/c1-3-10-6-5-7-12(10)14-11-8-13-15(4-2)9-11/h8-10,12,14H,3-7H2,1-2H3. The predicted molar refractivity (Wildman–Crippen MR) is 62.9 cm³/mol. The number of hydrogen-bond acceptors (Lipinski definition) is 2. The van der Waals surface area contributed by atoms with Crippen LogP contribution in [0.2, 0.25) is 0 Å². The first-order valence-electron chi connectivity index (χ1n) is 6.12. The van der Waals surface area contributed by atoms with Crippen LogP contribution in [0, 0.1) is 5.92 Å². The largest absolute Gasteiger partial charge is 0.379 e. The average molecular weight is 207 g/mol. The second-order valence-electron chi connectivity index (χ2n) is 4.43. The van der Waals surface area contributed by atoms with Gasteiger partial charge in [0.2, 0.25) is 0 Å². The highest BCUT2D eigenvalue weighted by molar-refractivity contribution is 5.39. The van der Waals surface area contributed by atoms with E-state index in [0.717, 1.165) is 12.5 Å². The van der Waals surface area contributed by atoms with Crippen molar-refractivity contribution in [2.75, 3.05) is 5.32 Å². The van der Waals surface area contributed by atoms with Crippen LogP contribution in [0.15, 0.2) is 12.4 Å². The first kappa shape index (κ1) is 10.5. The molecule has 0 radical (unpaired) electrons. The Bertz CT molecular complexity index is 306. The molecule has 0 spiro atoms. The van der Waals surface area contributed by atoms with Gasteiger partial charge in [-0.05, 0) is 25.7 Å². The summed E-state index contributed by atoms with van der Waals surface area (Å²) in [5, 5.41) is 7.90. The molecule has 15 heavy (non-hydrogen) atoms. The molecule has 2 atom stereocenters. The minimum Gasteiger partial charge on any atom is -0.379 e. The average Bonchev–Trinajstić information content (AvgIpc) is 2.87. The first-order chi connectivity index (χ1) is 7.33. The first-order valence-corrected chi connectivity index (χ1v) is 6.12. The van der Waals surface area contributed by atoms with E-state index in [-0.39, 0.29) is 0 Å². The highest BCUT2D eigenvalue weighted by Crippen LogP contribution is 2.30. The summed E-state index contributed by atoms with van der Waals surface area (Å²) in [7, 11) is 0. The van der Waals surface area contributed by atoms with Gasteiger partial charge in [-0.2, -0.15) is 5.10 Å². The monoisotopic (exact) mass is 207 g/mol. The van der Waals surface area contributed by atoms with Gasteiger partial charge in [0.1, 0.15) is 0 Å². The van der Waals surface area contributed by atoms with E-state index in [1.54, 1.807) is 0 Å². The van der Waals surface area contributed by atoms with E-state index >= 15 is 0 Å². The van der Waals surface area contributed by atoms with Crippen molar-refractivity contribution >= 4 is 5.69 Å². The summed E-state index contributed by atoms with van der Waals surface area (Å²) < 4.78 is 1.97. The summed E-state index contributed by atoms with van der Waals surface area (Å²) in [5.41, 5.74) is 1.18. The molecular formula is C12H21N3. The SMILES string of the molecule is CCC1CCCC1Nc1cnn(CC)c1. The summed E-state index contributed by atoms with van der Waals surface area (Å²) in [4.78, 5) is 0. The summed E-state index contributed by atoms with van der Waals surface area (Å²) in [6, 6.07) is 0.671. The van der Waals surface area contributed by atoms with E-state index in [1.807, 2.05) is 10.9 Å². The normalized spacial score (nSPS) is 25.7. The number of anilines is 1. The van der Waals surface area contributed by atoms with E-state index in [1.165, 1.54) is 31.4 Å². The quantitative estimate of drug-likeness (QED) is 0.822. The molecule has 2 unspecified atom stereocenters. The van der Waals surface area contributed by atoms with E-state index in [2.05, 4.69) is 30.5 Å². The Hall–Kier alpha value is -0.990. The molecule has 0 amide bonds. The third-order valence-corrected chi connectivity index (χ3v) is 3.49. The zero-order valence-corrected chi connectivity index (χ0v) is 9.74. The van der Waals surface area contributed by atoms with E-state index in [9.17, 15) is 0 Å². The fraction of sp³-hybridized carbons (Fsp3) is 0.750. The van der Waals surface area contributed by atoms with Crippen LogP contribution in [0.4, 0.5) is 5.69 Å². The number of rotatable bonds is 4. The second kappa shape index (κ2) is 4.69. The molecule has 84 valence electrons. The number of hydrogen-bond donors (Lipinski definition) is 1. The highest BCUT2D eigenvalue weighted by atomic mass is 15.3. The fourth-order valence-corrected chi connectivity index (χ4v) is 2.54. The van der Waals surface area contributed by atoms with Gasteiger partial charge in [0.05, 0.1) is 11.9 Å². The lowest BCUT2D eigenvalue weighted by molar-refractivity contribution is 0.489. The maximum Gasteiger partial charge on any atom is 0.0728 e. The zero-order valence-electron chi connectivity index (χ0n) is 9.74. The van der Waals surface area contributed by atoms with Gasteiger partial charge in [-0.25, -0.2) is 0 Å². The molecule has 0 bridgehead atoms. The van der Waals surface area contributed by atoms with Crippen molar-refractivity contribution in [3.8, 4) is 0 Å². The molecule has 0 aromatic carbocycles. The van der Waals surface area contributed by atoms with Gasteiger partial charge in [0.15, 0.2) is 0 Å². The Morgan fingerprint density at radius 2 is 2.33 bits per heavy atom. The van der Waals surface area contributed by atoms with Crippen molar-refractivity contribution in [2.45, 2.75) is 52.1 Å². The van der Waals surface area contributed by atoms with E-state index < -0.39 is 0 Å². The topological polar surface area (TPSA) is 29.9 Å². The molecule has 1 aliphatic carbocycles. The van der Waals surface area contributed by atoms with Crippen molar-refractivity contribution in [3.63, 3.8) is 0 Å². The van der Waals surface area contributed by atoms with Crippen molar-refractivity contribution in [1.29, 1.82) is 0 Å². The molecule has 1 fully saturated rings. The van der Waals surface area contributed by atoms with E-state index in [4.69, 9.17) is 0 Å². The van der Waals surface area contributed by atoms with Gasteiger partial charge in [0.25, 0.3) is 0 Å². The second-order valence-corrected chi connectivity index (χ2v) is 4.43. The summed E-state index contributed by atoms with van der Waals surface area (Å²) in [6.45, 7) is 5.35. The van der Waals surface area contributed by atoms with E-state index in [0.29, 0.717) is 6.04 Å². The Balaban J connectivity index is 1.95. The van der Waals surface area contributed by atoms with Gasteiger partial charge >= 0.3 is 0 Å². The van der Waals surface area contributed by atoms with Gasteiger partial charge in [-0.3, -0.25) is 4.68 Å². The lowest BCUT2D eigenvalue weighted by Crippen LogP contribution is -2.23. The molecule has 1 aromatic rings. The number of aryl methyl sites for hydroxylation is 1. The Morgan fingerprint density at radius 3 is 3.00 bits per heavy atom. The van der Waals surface area contributed by atoms with Crippen LogP contribution in [0.5, 0.6) is 0 Å². The predicted octanol–water partition coefficient (Wildman–Crippen LogP) is 2.89. The third-order valence-electron chi connectivity index (χ3n) is 3.49. The van der Waals surface area contributed by atoms with Crippen LogP contribution in [0.3, 0.4) is 0 Å². The van der Waals surface area contributed by atoms with Gasteiger partial charge in [-0.15, -0.1) is 0 Å². The van der Waals surface area contributed by atoms with Crippen molar-refractivity contribution in [2.24, 2.45) is 5.92 Å². The fourth-order valence-electron chi connectivity index (χ4n) is 2.54. The van der Waals surface area contributed by atoms with Gasteiger partial charge < -0.3 is 5.32 Å². The summed E-state index contributed by atoms with van der Waals surface area (Å²) in [5.74, 6) is 0.856. The molecule has 1 N–H and O–H groups in total. The smallest absolute Gasteiger partial charge is 0.0728 e. The lowest BCUT2D eigenvalue weighted by Gasteiger charge is -2.19. The third kappa shape index (κ3) is 2.33. The minimum atomic E-state index is 0.671. The molecule has 1 aliphatic rings. The molecule has 1 aromatic heterocycles. The summed E-state index contributed by atoms with van der Waals surface area (Å²) >= 11 is 0. The lowest BCUT2D eigenvalue weighted by atomic mass is 10.0. The zero-order chi connectivity index (χ0) is 10.7.